The van der Waals surface area contributed by atoms with E-state index >= 15 is 0 Å². The molecule has 0 amide bonds. The van der Waals surface area contributed by atoms with Gasteiger partial charge in [-0.3, -0.25) is 4.57 Å². The minimum Gasteiger partial charge on any atom is -0.466 e. The standard InChI is InChI=1S/C21H19Cl2N3O2/c1-10-8-15-16(9-11(10)2)26-19(13-6-5-7-14(22)18(13)23)17(20(27)28-4)12(3)24-21(26)25-15/h5-9,19H,1-4H3,(H,24,25)/t19-/m1/s1. The van der Waals surface area contributed by atoms with Crippen LogP contribution >= 0.6 is 23.2 Å². The molecule has 1 aliphatic rings. The number of imidazole rings is 1. The molecule has 0 unspecified atom stereocenters. The summed E-state index contributed by atoms with van der Waals surface area (Å²) >= 11 is 12.9. The van der Waals surface area contributed by atoms with E-state index in [9.17, 15) is 4.79 Å². The van der Waals surface area contributed by atoms with Crippen molar-refractivity contribution < 1.29 is 9.53 Å². The topological polar surface area (TPSA) is 56.1 Å². The number of fused-ring (bicyclic) bond motifs is 3. The van der Waals surface area contributed by atoms with Gasteiger partial charge in [0.15, 0.2) is 0 Å². The number of allylic oxidation sites excluding steroid dienone is 1. The number of hydrogen-bond donors (Lipinski definition) is 1. The molecule has 3 aromatic rings. The lowest BCUT2D eigenvalue weighted by molar-refractivity contribution is -0.136. The van der Waals surface area contributed by atoms with Gasteiger partial charge in [0.25, 0.3) is 0 Å². The molecule has 0 fully saturated rings. The van der Waals surface area contributed by atoms with Gasteiger partial charge in [0.05, 0.1) is 39.8 Å². The van der Waals surface area contributed by atoms with Crippen LogP contribution in [0.5, 0.6) is 0 Å². The summed E-state index contributed by atoms with van der Waals surface area (Å²) in [5, 5.41) is 4.07. The second kappa shape index (κ2) is 6.83. The summed E-state index contributed by atoms with van der Waals surface area (Å²) in [6, 6.07) is 9.03. The van der Waals surface area contributed by atoms with E-state index < -0.39 is 12.0 Å². The van der Waals surface area contributed by atoms with Crippen LogP contribution in [0.1, 0.15) is 29.7 Å². The Labute approximate surface area is 172 Å². The molecule has 0 radical (unpaired) electrons. The summed E-state index contributed by atoms with van der Waals surface area (Å²) in [6.45, 7) is 5.93. The molecule has 1 N–H and O–H groups in total. The van der Waals surface area contributed by atoms with Gasteiger partial charge in [-0.25, -0.2) is 9.78 Å². The van der Waals surface area contributed by atoms with Crippen molar-refractivity contribution in [3.05, 3.63) is 68.3 Å². The van der Waals surface area contributed by atoms with E-state index in [4.69, 9.17) is 32.9 Å². The predicted octanol–water partition coefficient (Wildman–Crippen LogP) is 5.42. The smallest absolute Gasteiger partial charge is 0.337 e. The SMILES string of the molecule is COC(=O)C1=C(C)Nc2nc3cc(C)c(C)cc3n2[C@@H]1c1cccc(Cl)c1Cl. The minimum atomic E-state index is -0.512. The number of aryl methyl sites for hydroxylation is 2. The van der Waals surface area contributed by atoms with Crippen molar-refractivity contribution >= 4 is 46.2 Å². The number of halogens is 2. The van der Waals surface area contributed by atoms with Crippen molar-refractivity contribution in [3.63, 3.8) is 0 Å². The molecule has 7 heteroatoms. The predicted molar refractivity (Wildman–Crippen MR) is 112 cm³/mol. The molecule has 1 atom stereocenters. The Kier molecular flexibility index (Phi) is 4.60. The molecule has 0 saturated carbocycles. The van der Waals surface area contributed by atoms with Crippen LogP contribution in [0.3, 0.4) is 0 Å². The highest BCUT2D eigenvalue weighted by atomic mass is 35.5. The van der Waals surface area contributed by atoms with Crippen molar-refractivity contribution in [1.29, 1.82) is 0 Å². The van der Waals surface area contributed by atoms with Crippen molar-refractivity contribution in [3.8, 4) is 0 Å². The van der Waals surface area contributed by atoms with Gasteiger partial charge >= 0.3 is 5.97 Å². The fourth-order valence-electron chi connectivity index (χ4n) is 3.67. The number of anilines is 1. The Bertz CT molecular complexity index is 1160. The van der Waals surface area contributed by atoms with Gasteiger partial charge < -0.3 is 10.1 Å². The molecule has 1 aromatic heterocycles. The molecule has 0 aliphatic carbocycles. The molecule has 28 heavy (non-hydrogen) atoms. The average Bonchev–Trinajstić information content (AvgIpc) is 2.99. The van der Waals surface area contributed by atoms with Crippen molar-refractivity contribution in [2.45, 2.75) is 26.8 Å². The first-order chi connectivity index (χ1) is 13.3. The first-order valence-electron chi connectivity index (χ1n) is 8.82. The van der Waals surface area contributed by atoms with Crippen LogP contribution in [0.2, 0.25) is 10.0 Å². The first kappa shape index (κ1) is 18.8. The molecule has 144 valence electrons. The molecular formula is C21H19Cl2N3O2. The highest BCUT2D eigenvalue weighted by Crippen LogP contribution is 2.43. The van der Waals surface area contributed by atoms with Gasteiger partial charge in [-0.05, 0) is 55.7 Å². The number of nitrogens with zero attached hydrogens (tertiary/aromatic N) is 2. The molecule has 2 aromatic carbocycles. The number of rotatable bonds is 2. The van der Waals surface area contributed by atoms with E-state index in [-0.39, 0.29) is 0 Å². The van der Waals surface area contributed by atoms with Gasteiger partial charge in [0, 0.05) is 5.70 Å². The molecule has 0 saturated heterocycles. The van der Waals surface area contributed by atoms with Crippen LogP contribution in [0.4, 0.5) is 5.95 Å². The van der Waals surface area contributed by atoms with E-state index in [1.54, 1.807) is 6.07 Å². The minimum absolute atomic E-state index is 0.405. The van der Waals surface area contributed by atoms with E-state index in [1.807, 2.05) is 29.7 Å². The molecular weight excluding hydrogens is 397 g/mol. The van der Waals surface area contributed by atoms with Gasteiger partial charge in [-0.15, -0.1) is 0 Å². The number of ether oxygens (including phenoxy) is 1. The summed E-state index contributed by atoms with van der Waals surface area (Å²) < 4.78 is 7.07. The summed E-state index contributed by atoms with van der Waals surface area (Å²) in [5.74, 6) is 0.216. The van der Waals surface area contributed by atoms with Gasteiger partial charge in [0.1, 0.15) is 0 Å². The number of aromatic nitrogens is 2. The maximum atomic E-state index is 12.7. The van der Waals surface area contributed by atoms with Crippen molar-refractivity contribution in [2.75, 3.05) is 12.4 Å². The Morgan fingerprint density at radius 2 is 1.89 bits per heavy atom. The van der Waals surface area contributed by atoms with Gasteiger partial charge in [0.2, 0.25) is 5.95 Å². The van der Waals surface area contributed by atoms with E-state index in [0.717, 1.165) is 22.2 Å². The quantitative estimate of drug-likeness (QED) is 0.567. The third kappa shape index (κ3) is 2.77. The summed E-state index contributed by atoms with van der Waals surface area (Å²) in [5.41, 5.74) is 5.89. The second-order valence-corrected chi connectivity index (χ2v) is 7.72. The number of benzene rings is 2. The van der Waals surface area contributed by atoms with Crippen molar-refractivity contribution in [2.24, 2.45) is 0 Å². The highest BCUT2D eigenvalue weighted by Gasteiger charge is 2.36. The van der Waals surface area contributed by atoms with Crippen LogP contribution in [0.15, 0.2) is 41.6 Å². The first-order valence-corrected chi connectivity index (χ1v) is 9.58. The van der Waals surface area contributed by atoms with E-state index in [2.05, 4.69) is 25.2 Å². The largest absolute Gasteiger partial charge is 0.466 e. The zero-order valence-corrected chi connectivity index (χ0v) is 17.4. The van der Waals surface area contributed by atoms with Crippen LogP contribution in [0, 0.1) is 13.8 Å². The number of carbonyl (C=O) groups excluding carboxylic acids is 1. The van der Waals surface area contributed by atoms with Crippen LogP contribution in [0.25, 0.3) is 11.0 Å². The maximum absolute atomic E-state index is 12.7. The van der Waals surface area contributed by atoms with E-state index in [1.165, 1.54) is 7.11 Å². The fourth-order valence-corrected chi connectivity index (χ4v) is 4.08. The van der Waals surface area contributed by atoms with E-state index in [0.29, 0.717) is 32.8 Å². The third-order valence-corrected chi connectivity index (χ3v) is 6.05. The number of carbonyl (C=O) groups is 1. The molecule has 2 heterocycles. The summed E-state index contributed by atoms with van der Waals surface area (Å²) in [7, 11) is 1.37. The number of esters is 1. The lowest BCUT2D eigenvalue weighted by Gasteiger charge is -2.30. The molecule has 0 spiro atoms. The second-order valence-electron chi connectivity index (χ2n) is 6.93. The monoisotopic (exact) mass is 415 g/mol. The van der Waals surface area contributed by atoms with Crippen LogP contribution in [-0.2, 0) is 9.53 Å². The molecule has 1 aliphatic heterocycles. The average molecular weight is 416 g/mol. The normalized spacial score (nSPS) is 16.1. The van der Waals surface area contributed by atoms with Gasteiger partial charge in [-0.1, -0.05) is 35.3 Å². The lowest BCUT2D eigenvalue weighted by atomic mass is 9.95. The van der Waals surface area contributed by atoms with Crippen LogP contribution in [-0.4, -0.2) is 22.6 Å². The summed E-state index contributed by atoms with van der Waals surface area (Å²) in [4.78, 5) is 17.5. The van der Waals surface area contributed by atoms with Gasteiger partial charge in [-0.2, -0.15) is 0 Å². The maximum Gasteiger partial charge on any atom is 0.337 e. The fraction of sp³-hybridized carbons (Fsp3) is 0.238. The molecule has 5 nitrogen and oxygen atoms in total. The van der Waals surface area contributed by atoms with Crippen LogP contribution < -0.4 is 5.32 Å². The molecule has 0 bridgehead atoms. The zero-order chi connectivity index (χ0) is 20.2. The zero-order valence-electron chi connectivity index (χ0n) is 15.9. The molecule has 4 rings (SSSR count). The Balaban J connectivity index is 2.08. The number of hydrogen-bond acceptors (Lipinski definition) is 4. The Morgan fingerprint density at radius 1 is 1.18 bits per heavy atom. The Hall–Kier alpha value is -2.50. The highest BCUT2D eigenvalue weighted by molar-refractivity contribution is 6.42. The number of methoxy groups -OCH3 is 1. The number of nitrogens with one attached hydrogen (secondary N) is 1. The third-order valence-electron chi connectivity index (χ3n) is 5.22. The summed E-state index contributed by atoms with van der Waals surface area (Å²) in [6.07, 6.45) is 0. The van der Waals surface area contributed by atoms with Crippen molar-refractivity contribution in [1.82, 2.24) is 9.55 Å². The Morgan fingerprint density at radius 3 is 2.61 bits per heavy atom. The lowest BCUT2D eigenvalue weighted by Crippen LogP contribution is -2.28.